The van der Waals surface area contributed by atoms with Gasteiger partial charge in [0.25, 0.3) is 0 Å². The highest BCUT2D eigenvalue weighted by Crippen LogP contribution is 2.35. The van der Waals surface area contributed by atoms with Crippen LogP contribution in [0.5, 0.6) is 0 Å². The molecule has 1 aliphatic rings. The second-order valence-corrected chi connectivity index (χ2v) is 9.27. The molecule has 0 radical (unpaired) electrons. The maximum absolute atomic E-state index is 13.7. The fraction of sp³-hybridized carbons (Fsp3) is 0.435. The zero-order chi connectivity index (χ0) is 23.0. The molecule has 9 nitrogen and oxygen atoms in total. The molecule has 0 spiro atoms. The van der Waals surface area contributed by atoms with E-state index in [9.17, 15) is 14.7 Å². The van der Waals surface area contributed by atoms with Gasteiger partial charge in [0.05, 0.1) is 12.3 Å². The maximum atomic E-state index is 13.7. The lowest BCUT2D eigenvalue weighted by Gasteiger charge is -2.34. The van der Waals surface area contributed by atoms with Crippen molar-refractivity contribution in [3.05, 3.63) is 42.9 Å². The molecule has 1 fully saturated rings. The normalized spacial score (nSPS) is 19.8. The fourth-order valence-corrected chi connectivity index (χ4v) is 4.36. The quantitative estimate of drug-likeness (QED) is 0.645. The molecule has 1 aromatic carbocycles. The number of carbonyl (C=O) groups is 2. The lowest BCUT2D eigenvalue weighted by atomic mass is 9.85. The highest BCUT2D eigenvalue weighted by atomic mass is 16.3. The van der Waals surface area contributed by atoms with Crippen LogP contribution in [-0.2, 0) is 9.59 Å². The average molecular weight is 437 g/mol. The standard InChI is InChI=1S/C23H28N6O3/c1-23(2,3)20(22(32)28-12-15(30)9-19(28)21(31)24-4)29-13-18(26-27-29)17-11-25-10-14-7-5-6-8-16(14)17/h5-8,10-11,13,15,19-20,30H,9,12H2,1-4H3,(H,24,31)/t15?,19?,20-/m1/s1. The number of hydrogen-bond donors (Lipinski definition) is 2. The van der Waals surface area contributed by atoms with Crippen LogP contribution in [0.2, 0.25) is 0 Å². The van der Waals surface area contributed by atoms with E-state index in [1.807, 2.05) is 45.0 Å². The predicted octanol–water partition coefficient (Wildman–Crippen LogP) is 1.79. The van der Waals surface area contributed by atoms with Crippen molar-refractivity contribution in [1.29, 1.82) is 0 Å². The first-order valence-corrected chi connectivity index (χ1v) is 10.7. The third-order valence-corrected chi connectivity index (χ3v) is 5.88. The summed E-state index contributed by atoms with van der Waals surface area (Å²) in [6.45, 7) is 5.94. The van der Waals surface area contributed by atoms with Crippen molar-refractivity contribution in [1.82, 2.24) is 30.2 Å². The van der Waals surface area contributed by atoms with E-state index < -0.39 is 23.6 Å². The van der Waals surface area contributed by atoms with Crippen molar-refractivity contribution < 1.29 is 14.7 Å². The van der Waals surface area contributed by atoms with Gasteiger partial charge in [-0.2, -0.15) is 0 Å². The zero-order valence-electron chi connectivity index (χ0n) is 18.7. The Hall–Kier alpha value is -3.33. The van der Waals surface area contributed by atoms with Gasteiger partial charge >= 0.3 is 0 Å². The van der Waals surface area contributed by atoms with Gasteiger partial charge < -0.3 is 15.3 Å². The first-order chi connectivity index (χ1) is 15.2. The average Bonchev–Trinajstić information content (AvgIpc) is 3.38. The Morgan fingerprint density at radius 3 is 2.69 bits per heavy atom. The molecule has 3 aromatic rings. The third-order valence-electron chi connectivity index (χ3n) is 5.88. The molecule has 9 heteroatoms. The molecule has 4 rings (SSSR count). The summed E-state index contributed by atoms with van der Waals surface area (Å²) < 4.78 is 1.56. The fourth-order valence-electron chi connectivity index (χ4n) is 4.36. The molecule has 168 valence electrons. The number of aliphatic hydroxyl groups excluding tert-OH is 1. The number of likely N-dealkylation sites (tertiary alicyclic amines) is 1. The van der Waals surface area contributed by atoms with E-state index in [1.165, 1.54) is 11.9 Å². The summed E-state index contributed by atoms with van der Waals surface area (Å²) in [5, 5.41) is 23.4. The van der Waals surface area contributed by atoms with Gasteiger partial charge in [-0.05, 0) is 10.8 Å². The zero-order valence-corrected chi connectivity index (χ0v) is 18.7. The van der Waals surface area contributed by atoms with E-state index in [4.69, 9.17) is 0 Å². The van der Waals surface area contributed by atoms with E-state index >= 15 is 0 Å². The number of carbonyl (C=O) groups excluding carboxylic acids is 2. The Morgan fingerprint density at radius 1 is 1.22 bits per heavy atom. The van der Waals surface area contributed by atoms with Gasteiger partial charge in [0, 0.05) is 43.4 Å². The first kappa shape index (κ1) is 21.9. The van der Waals surface area contributed by atoms with E-state index in [2.05, 4.69) is 20.6 Å². The molecule has 2 unspecified atom stereocenters. The molecule has 0 bridgehead atoms. The minimum absolute atomic E-state index is 0.109. The predicted molar refractivity (Wildman–Crippen MR) is 119 cm³/mol. The van der Waals surface area contributed by atoms with Crippen LogP contribution >= 0.6 is 0 Å². The van der Waals surface area contributed by atoms with E-state index in [0.29, 0.717) is 5.69 Å². The summed E-state index contributed by atoms with van der Waals surface area (Å²) in [4.78, 5) is 31.8. The SMILES string of the molecule is CNC(=O)C1CC(O)CN1C(=O)[C@@H](n1cc(-c2cncc3ccccc23)nn1)C(C)(C)C. The van der Waals surface area contributed by atoms with E-state index in [1.54, 1.807) is 23.3 Å². The van der Waals surface area contributed by atoms with Crippen LogP contribution in [0.3, 0.4) is 0 Å². The second-order valence-electron chi connectivity index (χ2n) is 9.27. The Balaban J connectivity index is 1.72. The van der Waals surface area contributed by atoms with Crippen LogP contribution in [0.4, 0.5) is 0 Å². The number of aromatic nitrogens is 4. The van der Waals surface area contributed by atoms with Crippen LogP contribution in [0.1, 0.15) is 33.2 Å². The summed E-state index contributed by atoms with van der Waals surface area (Å²) in [5.74, 6) is -0.557. The smallest absolute Gasteiger partial charge is 0.248 e. The van der Waals surface area contributed by atoms with Crippen molar-refractivity contribution in [2.75, 3.05) is 13.6 Å². The molecule has 2 amide bonds. The monoisotopic (exact) mass is 436 g/mol. The van der Waals surface area contributed by atoms with Crippen molar-refractivity contribution in [2.45, 2.75) is 45.4 Å². The number of pyridine rings is 1. The number of β-amino-alcohol motifs (C(OH)–C–C–N with tert-alkyl or cyclic N) is 1. The summed E-state index contributed by atoms with van der Waals surface area (Å²) >= 11 is 0. The summed E-state index contributed by atoms with van der Waals surface area (Å²) in [6.07, 6.45) is 4.76. The summed E-state index contributed by atoms with van der Waals surface area (Å²) in [6, 6.07) is 6.47. The molecule has 3 heterocycles. The van der Waals surface area contributed by atoms with Gasteiger partial charge in [-0.3, -0.25) is 14.6 Å². The molecule has 2 aromatic heterocycles. The second kappa shape index (κ2) is 8.31. The van der Waals surface area contributed by atoms with Crippen molar-refractivity contribution in [3.63, 3.8) is 0 Å². The highest BCUT2D eigenvalue weighted by Gasteiger charge is 2.45. The van der Waals surface area contributed by atoms with Gasteiger partial charge in [0.15, 0.2) is 0 Å². The largest absolute Gasteiger partial charge is 0.391 e. The lowest BCUT2D eigenvalue weighted by Crippen LogP contribution is -2.49. The minimum Gasteiger partial charge on any atom is -0.391 e. The summed E-state index contributed by atoms with van der Waals surface area (Å²) in [5.41, 5.74) is 0.926. The molecule has 3 atom stereocenters. The third kappa shape index (κ3) is 3.95. The Kier molecular flexibility index (Phi) is 5.68. The van der Waals surface area contributed by atoms with E-state index in [0.717, 1.165) is 16.3 Å². The van der Waals surface area contributed by atoms with Gasteiger partial charge in [0.2, 0.25) is 11.8 Å². The van der Waals surface area contributed by atoms with Gasteiger partial charge in [-0.25, -0.2) is 4.68 Å². The molecule has 0 aliphatic carbocycles. The minimum atomic E-state index is -0.741. The van der Waals surface area contributed by atoms with E-state index in [-0.39, 0.29) is 24.8 Å². The van der Waals surface area contributed by atoms with Crippen LogP contribution in [-0.4, -0.2) is 67.5 Å². The molecule has 2 N–H and O–H groups in total. The van der Waals surface area contributed by atoms with Crippen molar-refractivity contribution in [2.24, 2.45) is 5.41 Å². The van der Waals surface area contributed by atoms with Gasteiger partial charge in [-0.1, -0.05) is 50.3 Å². The van der Waals surface area contributed by atoms with Gasteiger partial charge in [0.1, 0.15) is 17.8 Å². The van der Waals surface area contributed by atoms with Crippen LogP contribution < -0.4 is 5.32 Å². The molecule has 1 aliphatic heterocycles. The summed E-state index contributed by atoms with van der Waals surface area (Å²) in [7, 11) is 1.53. The molecule has 1 saturated heterocycles. The van der Waals surface area contributed by atoms with Crippen LogP contribution in [0, 0.1) is 5.41 Å². The van der Waals surface area contributed by atoms with Gasteiger partial charge in [-0.15, -0.1) is 5.10 Å². The number of benzene rings is 1. The van der Waals surface area contributed by atoms with Crippen LogP contribution in [0.25, 0.3) is 22.0 Å². The van der Waals surface area contributed by atoms with Crippen molar-refractivity contribution >= 4 is 22.6 Å². The Morgan fingerprint density at radius 2 is 1.97 bits per heavy atom. The highest BCUT2D eigenvalue weighted by molar-refractivity contribution is 5.94. The Bertz CT molecular complexity index is 1150. The number of amides is 2. The number of rotatable bonds is 4. The molecule has 0 saturated carbocycles. The maximum Gasteiger partial charge on any atom is 0.248 e. The number of likely N-dealkylation sites (N-methyl/N-ethyl adjacent to an activating group) is 1. The number of fused-ring (bicyclic) bond motifs is 1. The topological polar surface area (TPSA) is 113 Å². The first-order valence-electron chi connectivity index (χ1n) is 10.7. The van der Waals surface area contributed by atoms with Crippen LogP contribution in [0.15, 0.2) is 42.9 Å². The molecular formula is C23H28N6O3. The Labute approximate surface area is 186 Å². The lowest BCUT2D eigenvalue weighted by molar-refractivity contribution is -0.144. The molecular weight excluding hydrogens is 408 g/mol. The molecule has 32 heavy (non-hydrogen) atoms. The number of nitrogens with zero attached hydrogens (tertiary/aromatic N) is 5. The number of aliphatic hydroxyl groups is 1. The number of hydrogen-bond acceptors (Lipinski definition) is 6. The number of nitrogens with one attached hydrogen (secondary N) is 1. The van der Waals surface area contributed by atoms with Crippen molar-refractivity contribution in [3.8, 4) is 11.3 Å².